The minimum atomic E-state index is -0.826. The highest BCUT2D eigenvalue weighted by atomic mass is 16.5. The van der Waals surface area contributed by atoms with Crippen LogP contribution in [0.15, 0.2) is 48.5 Å². The summed E-state index contributed by atoms with van der Waals surface area (Å²) in [5.74, 6) is -0.0617. The highest BCUT2D eigenvalue weighted by molar-refractivity contribution is 5.81. The Kier molecular flexibility index (Phi) is 3.29. The summed E-state index contributed by atoms with van der Waals surface area (Å²) in [6.07, 6.45) is 0.493. The van der Waals surface area contributed by atoms with E-state index in [0.717, 1.165) is 22.6 Å². The van der Waals surface area contributed by atoms with E-state index in [1.54, 1.807) is 0 Å². The first-order chi connectivity index (χ1) is 9.72. The molecule has 4 nitrogen and oxygen atoms in total. The van der Waals surface area contributed by atoms with Crippen LogP contribution in [-0.2, 0) is 17.8 Å². The zero-order valence-corrected chi connectivity index (χ0v) is 10.9. The van der Waals surface area contributed by atoms with Gasteiger partial charge in [-0.15, -0.1) is 0 Å². The number of aliphatic carboxylic acids is 1. The van der Waals surface area contributed by atoms with Crippen molar-refractivity contribution < 1.29 is 14.6 Å². The van der Waals surface area contributed by atoms with E-state index in [2.05, 4.69) is 5.32 Å². The number of hydrogen-bond donors (Lipinski definition) is 2. The maximum atomic E-state index is 11.0. The van der Waals surface area contributed by atoms with Crippen LogP contribution < -0.4 is 10.1 Å². The van der Waals surface area contributed by atoms with Gasteiger partial charge < -0.3 is 15.2 Å². The molecular weight excluding hydrogens is 254 g/mol. The summed E-state index contributed by atoms with van der Waals surface area (Å²) >= 11 is 0. The lowest BCUT2D eigenvalue weighted by Crippen LogP contribution is -2.26. The maximum Gasteiger partial charge on any atom is 0.326 e. The van der Waals surface area contributed by atoms with E-state index in [4.69, 9.17) is 9.84 Å². The molecule has 102 valence electrons. The minimum absolute atomic E-state index is 0.493. The second-order valence-electron chi connectivity index (χ2n) is 4.83. The van der Waals surface area contributed by atoms with Crippen LogP contribution in [0.2, 0.25) is 0 Å². The van der Waals surface area contributed by atoms with Crippen LogP contribution in [-0.4, -0.2) is 17.1 Å². The molecule has 2 aromatic carbocycles. The van der Waals surface area contributed by atoms with Crippen LogP contribution in [0.25, 0.3) is 0 Å². The molecule has 1 heterocycles. The predicted octanol–water partition coefficient (Wildman–Crippen LogP) is 2.69. The third-order valence-corrected chi connectivity index (χ3v) is 3.38. The molecule has 0 radical (unpaired) electrons. The molecule has 0 fully saturated rings. The fourth-order valence-corrected chi connectivity index (χ4v) is 2.32. The van der Waals surface area contributed by atoms with Gasteiger partial charge in [-0.1, -0.05) is 30.3 Å². The van der Waals surface area contributed by atoms with Crippen LogP contribution in [0.3, 0.4) is 0 Å². The Balaban J connectivity index is 1.68. The SMILES string of the molecule is O=C(O)[C@H]1Cc2cc(OCc3ccccc3)ccc2N1. The number of hydrogen-bond acceptors (Lipinski definition) is 3. The van der Waals surface area contributed by atoms with E-state index in [1.165, 1.54) is 0 Å². The van der Waals surface area contributed by atoms with Crippen molar-refractivity contribution in [2.75, 3.05) is 5.32 Å². The maximum absolute atomic E-state index is 11.0. The molecule has 0 saturated carbocycles. The number of carboxylic acid groups (broad SMARTS) is 1. The van der Waals surface area contributed by atoms with Gasteiger partial charge in [0, 0.05) is 12.1 Å². The summed E-state index contributed by atoms with van der Waals surface area (Å²) in [6.45, 7) is 0.509. The van der Waals surface area contributed by atoms with E-state index in [-0.39, 0.29) is 0 Å². The van der Waals surface area contributed by atoms with Gasteiger partial charge in [0.2, 0.25) is 0 Å². The van der Waals surface area contributed by atoms with Gasteiger partial charge in [-0.3, -0.25) is 0 Å². The van der Waals surface area contributed by atoms with Crippen molar-refractivity contribution in [1.82, 2.24) is 0 Å². The molecule has 0 amide bonds. The first-order valence-corrected chi connectivity index (χ1v) is 6.51. The van der Waals surface area contributed by atoms with Crippen molar-refractivity contribution in [3.8, 4) is 5.75 Å². The summed E-state index contributed by atoms with van der Waals surface area (Å²) in [5.41, 5.74) is 2.97. The molecule has 0 unspecified atom stereocenters. The molecule has 20 heavy (non-hydrogen) atoms. The Morgan fingerprint density at radius 1 is 1.25 bits per heavy atom. The van der Waals surface area contributed by atoms with Gasteiger partial charge in [0.25, 0.3) is 0 Å². The second-order valence-corrected chi connectivity index (χ2v) is 4.83. The standard InChI is InChI=1S/C16H15NO3/c18-16(19)15-9-12-8-13(6-7-14(12)17-15)20-10-11-4-2-1-3-5-11/h1-8,15,17H,9-10H2,(H,18,19)/t15-/m1/s1. The van der Waals surface area contributed by atoms with E-state index in [0.29, 0.717) is 13.0 Å². The summed E-state index contributed by atoms with van der Waals surface area (Å²) in [4.78, 5) is 11.0. The smallest absolute Gasteiger partial charge is 0.326 e. The first kappa shape index (κ1) is 12.5. The number of nitrogens with one attached hydrogen (secondary N) is 1. The molecule has 3 rings (SSSR count). The zero-order valence-electron chi connectivity index (χ0n) is 10.9. The first-order valence-electron chi connectivity index (χ1n) is 6.51. The van der Waals surface area contributed by atoms with Gasteiger partial charge in [0.1, 0.15) is 18.4 Å². The highest BCUT2D eigenvalue weighted by Gasteiger charge is 2.26. The number of ether oxygens (including phenoxy) is 1. The molecular formula is C16H15NO3. The summed E-state index contributed by atoms with van der Waals surface area (Å²) in [5, 5.41) is 12.0. The van der Waals surface area contributed by atoms with Crippen molar-refractivity contribution in [1.29, 1.82) is 0 Å². The normalized spacial score (nSPS) is 16.3. The van der Waals surface area contributed by atoms with E-state index in [9.17, 15) is 4.79 Å². The molecule has 0 bridgehead atoms. The number of rotatable bonds is 4. The fraction of sp³-hybridized carbons (Fsp3) is 0.188. The second kappa shape index (κ2) is 5.25. The average molecular weight is 269 g/mol. The predicted molar refractivity (Wildman–Crippen MR) is 76.0 cm³/mol. The lowest BCUT2D eigenvalue weighted by atomic mass is 10.1. The Morgan fingerprint density at radius 3 is 2.80 bits per heavy atom. The Labute approximate surface area is 117 Å². The van der Waals surface area contributed by atoms with E-state index >= 15 is 0 Å². The van der Waals surface area contributed by atoms with Gasteiger partial charge in [0.15, 0.2) is 0 Å². The van der Waals surface area contributed by atoms with Crippen LogP contribution >= 0.6 is 0 Å². The largest absolute Gasteiger partial charge is 0.489 e. The lowest BCUT2D eigenvalue weighted by molar-refractivity contribution is -0.137. The monoisotopic (exact) mass is 269 g/mol. The molecule has 1 aliphatic rings. The van der Waals surface area contributed by atoms with Gasteiger partial charge in [-0.05, 0) is 29.3 Å². The van der Waals surface area contributed by atoms with Crippen molar-refractivity contribution in [3.63, 3.8) is 0 Å². The van der Waals surface area contributed by atoms with Crippen molar-refractivity contribution in [2.45, 2.75) is 19.1 Å². The van der Waals surface area contributed by atoms with Crippen LogP contribution in [0.5, 0.6) is 5.75 Å². The molecule has 2 N–H and O–H groups in total. The van der Waals surface area contributed by atoms with E-state index in [1.807, 2.05) is 48.5 Å². The van der Waals surface area contributed by atoms with Crippen molar-refractivity contribution >= 4 is 11.7 Å². The molecule has 1 atom stereocenters. The van der Waals surface area contributed by atoms with Gasteiger partial charge in [-0.25, -0.2) is 4.79 Å². The quantitative estimate of drug-likeness (QED) is 0.896. The van der Waals surface area contributed by atoms with Gasteiger partial charge in [0.05, 0.1) is 0 Å². The number of anilines is 1. The Morgan fingerprint density at radius 2 is 2.05 bits per heavy atom. The van der Waals surface area contributed by atoms with E-state index < -0.39 is 12.0 Å². The van der Waals surface area contributed by atoms with Crippen LogP contribution in [0.4, 0.5) is 5.69 Å². The summed E-state index contributed by atoms with van der Waals surface area (Å²) in [7, 11) is 0. The molecule has 2 aromatic rings. The summed E-state index contributed by atoms with van der Waals surface area (Å²) in [6, 6.07) is 15.0. The average Bonchev–Trinajstić information content (AvgIpc) is 2.89. The Bertz CT molecular complexity index is 625. The Hall–Kier alpha value is -2.49. The highest BCUT2D eigenvalue weighted by Crippen LogP contribution is 2.29. The third-order valence-electron chi connectivity index (χ3n) is 3.38. The number of fused-ring (bicyclic) bond motifs is 1. The van der Waals surface area contributed by atoms with Crippen LogP contribution in [0, 0.1) is 0 Å². The zero-order chi connectivity index (χ0) is 13.9. The number of benzene rings is 2. The fourth-order valence-electron chi connectivity index (χ4n) is 2.32. The molecule has 0 aromatic heterocycles. The number of carboxylic acids is 1. The lowest BCUT2D eigenvalue weighted by Gasteiger charge is -2.08. The van der Waals surface area contributed by atoms with Gasteiger partial charge >= 0.3 is 5.97 Å². The molecule has 0 spiro atoms. The number of carbonyl (C=O) groups is 1. The van der Waals surface area contributed by atoms with Crippen molar-refractivity contribution in [3.05, 3.63) is 59.7 Å². The topological polar surface area (TPSA) is 58.6 Å². The van der Waals surface area contributed by atoms with Gasteiger partial charge in [-0.2, -0.15) is 0 Å². The summed E-state index contributed by atoms with van der Waals surface area (Å²) < 4.78 is 5.74. The van der Waals surface area contributed by atoms with Crippen molar-refractivity contribution in [2.24, 2.45) is 0 Å². The molecule has 0 aliphatic carbocycles. The third kappa shape index (κ3) is 2.59. The van der Waals surface area contributed by atoms with Crippen LogP contribution in [0.1, 0.15) is 11.1 Å². The molecule has 4 heteroatoms. The molecule has 1 aliphatic heterocycles. The minimum Gasteiger partial charge on any atom is -0.489 e. The molecule has 0 saturated heterocycles.